The van der Waals surface area contributed by atoms with Crippen molar-refractivity contribution in [3.8, 4) is 0 Å². The van der Waals surface area contributed by atoms with E-state index in [9.17, 15) is 9.18 Å². The Bertz CT molecular complexity index is 863. The lowest BCUT2D eigenvalue weighted by atomic mass is 9.70. The number of anilines is 1. The third-order valence-corrected chi connectivity index (χ3v) is 6.43. The van der Waals surface area contributed by atoms with Crippen LogP contribution in [0.15, 0.2) is 41.4 Å². The quantitative estimate of drug-likeness (QED) is 0.479. The van der Waals surface area contributed by atoms with Crippen molar-refractivity contribution in [3.05, 3.63) is 52.8 Å². The lowest BCUT2D eigenvalue weighted by Crippen LogP contribution is -2.45. The van der Waals surface area contributed by atoms with Crippen molar-refractivity contribution in [2.45, 2.75) is 38.5 Å². The number of fused-ring (bicyclic) bond motifs is 4. The molecule has 1 fully saturated rings. The summed E-state index contributed by atoms with van der Waals surface area (Å²) >= 11 is 0. The van der Waals surface area contributed by atoms with Crippen molar-refractivity contribution in [3.63, 3.8) is 0 Å². The zero-order valence-corrected chi connectivity index (χ0v) is 16.7. The van der Waals surface area contributed by atoms with E-state index in [1.54, 1.807) is 6.07 Å². The van der Waals surface area contributed by atoms with Gasteiger partial charge in [-0.1, -0.05) is 6.92 Å². The van der Waals surface area contributed by atoms with Gasteiger partial charge in [0.1, 0.15) is 5.82 Å². The SMILES string of the molecule is CCC1(C=C(OC)C(=O)OC)CCCN2CCC3C(=C21)Nc1ccc(F)cc13. The van der Waals surface area contributed by atoms with Crippen molar-refractivity contribution in [2.24, 2.45) is 5.41 Å². The highest BCUT2D eigenvalue weighted by Crippen LogP contribution is 2.53. The molecular formula is C22H27FN2O3. The van der Waals surface area contributed by atoms with E-state index in [2.05, 4.69) is 17.1 Å². The van der Waals surface area contributed by atoms with Gasteiger partial charge in [0, 0.05) is 41.5 Å². The maximum atomic E-state index is 13.9. The molecule has 3 heterocycles. The zero-order valence-electron chi connectivity index (χ0n) is 16.7. The Kier molecular flexibility index (Phi) is 4.81. The van der Waals surface area contributed by atoms with Gasteiger partial charge < -0.3 is 19.7 Å². The number of nitrogens with zero attached hydrogens (tertiary/aromatic N) is 1. The molecule has 0 radical (unpaired) electrons. The zero-order chi connectivity index (χ0) is 19.9. The Hall–Kier alpha value is -2.50. The van der Waals surface area contributed by atoms with E-state index in [-0.39, 0.29) is 22.9 Å². The first-order valence-electron chi connectivity index (χ1n) is 9.94. The van der Waals surface area contributed by atoms with Crippen LogP contribution in [0.25, 0.3) is 0 Å². The van der Waals surface area contributed by atoms with Gasteiger partial charge in [0.05, 0.1) is 14.2 Å². The Morgan fingerprint density at radius 3 is 2.89 bits per heavy atom. The molecule has 0 amide bonds. The molecule has 0 bridgehead atoms. The number of piperidine rings is 1. The smallest absolute Gasteiger partial charge is 0.372 e. The summed E-state index contributed by atoms with van der Waals surface area (Å²) in [5, 5.41) is 3.57. The number of esters is 1. The van der Waals surface area contributed by atoms with Crippen LogP contribution in [0, 0.1) is 11.2 Å². The molecule has 0 spiro atoms. The van der Waals surface area contributed by atoms with E-state index in [0.29, 0.717) is 0 Å². The van der Waals surface area contributed by atoms with E-state index in [4.69, 9.17) is 9.47 Å². The van der Waals surface area contributed by atoms with Crippen molar-refractivity contribution in [2.75, 3.05) is 32.6 Å². The van der Waals surface area contributed by atoms with Gasteiger partial charge in [0.25, 0.3) is 0 Å². The minimum Gasteiger partial charge on any atom is -0.490 e. The topological polar surface area (TPSA) is 50.8 Å². The summed E-state index contributed by atoms with van der Waals surface area (Å²) in [6.07, 6.45) is 5.72. The van der Waals surface area contributed by atoms with Gasteiger partial charge in [-0.15, -0.1) is 0 Å². The normalized spacial score (nSPS) is 26.2. The van der Waals surface area contributed by atoms with Gasteiger partial charge in [-0.05, 0) is 55.5 Å². The highest BCUT2D eigenvalue weighted by Gasteiger charge is 2.46. The van der Waals surface area contributed by atoms with Crippen molar-refractivity contribution >= 4 is 11.7 Å². The minimum absolute atomic E-state index is 0.165. The lowest BCUT2D eigenvalue weighted by molar-refractivity contribution is -0.139. The van der Waals surface area contributed by atoms with Crippen LogP contribution in [0.2, 0.25) is 0 Å². The summed E-state index contributed by atoms with van der Waals surface area (Å²) in [5.41, 5.74) is 4.05. The molecule has 28 heavy (non-hydrogen) atoms. The van der Waals surface area contributed by atoms with Gasteiger partial charge in [-0.3, -0.25) is 0 Å². The number of carbonyl (C=O) groups is 1. The number of carbonyl (C=O) groups excluding carboxylic acids is 1. The largest absolute Gasteiger partial charge is 0.490 e. The number of nitrogens with one attached hydrogen (secondary N) is 1. The predicted octanol–water partition coefficient (Wildman–Crippen LogP) is 4.15. The van der Waals surface area contributed by atoms with Crippen LogP contribution in [-0.2, 0) is 14.3 Å². The van der Waals surface area contributed by atoms with Crippen molar-refractivity contribution < 1.29 is 18.7 Å². The number of hydrogen-bond acceptors (Lipinski definition) is 5. The number of allylic oxidation sites excluding steroid dienone is 2. The predicted molar refractivity (Wildman–Crippen MR) is 105 cm³/mol. The van der Waals surface area contributed by atoms with Crippen LogP contribution >= 0.6 is 0 Å². The van der Waals surface area contributed by atoms with Crippen LogP contribution in [0.4, 0.5) is 10.1 Å². The van der Waals surface area contributed by atoms with E-state index < -0.39 is 5.97 Å². The maximum Gasteiger partial charge on any atom is 0.372 e. The van der Waals surface area contributed by atoms with Crippen molar-refractivity contribution in [1.29, 1.82) is 0 Å². The van der Waals surface area contributed by atoms with Gasteiger partial charge in [0.2, 0.25) is 5.76 Å². The molecule has 0 saturated carbocycles. The average molecular weight is 386 g/mol. The average Bonchev–Trinajstić information content (AvgIpc) is 3.09. The van der Waals surface area contributed by atoms with E-state index >= 15 is 0 Å². The van der Waals surface area contributed by atoms with E-state index in [1.165, 1.54) is 26.0 Å². The molecule has 3 aliphatic heterocycles. The Morgan fingerprint density at radius 2 is 2.18 bits per heavy atom. The standard InChI is InChI=1S/C22H27FN2O3/c1-4-22(13-18(27-2)21(26)28-3)9-5-10-25-11-8-15-16-12-14(23)6-7-17(16)24-19(15)20(22)25/h6-7,12-13,15,24H,4-5,8-11H2,1-3H3. The molecule has 1 aromatic carbocycles. The minimum atomic E-state index is -0.463. The second-order valence-electron chi connectivity index (χ2n) is 7.76. The summed E-state index contributed by atoms with van der Waals surface area (Å²) in [7, 11) is 2.86. The Labute approximate surface area is 165 Å². The van der Waals surface area contributed by atoms with Crippen LogP contribution in [0.3, 0.4) is 0 Å². The number of benzene rings is 1. The second kappa shape index (κ2) is 7.15. The fourth-order valence-corrected chi connectivity index (χ4v) is 5.06. The highest BCUT2D eigenvalue weighted by atomic mass is 19.1. The molecule has 150 valence electrons. The van der Waals surface area contributed by atoms with E-state index in [0.717, 1.165) is 55.7 Å². The van der Waals surface area contributed by atoms with Crippen LogP contribution in [-0.4, -0.2) is 38.2 Å². The van der Waals surface area contributed by atoms with Gasteiger partial charge in [0.15, 0.2) is 0 Å². The third kappa shape index (κ3) is 2.86. The number of ether oxygens (including phenoxy) is 2. The fourth-order valence-electron chi connectivity index (χ4n) is 5.06. The van der Waals surface area contributed by atoms with E-state index in [1.807, 2.05) is 12.1 Å². The number of halogens is 1. The van der Waals surface area contributed by atoms with Crippen molar-refractivity contribution in [1.82, 2.24) is 4.90 Å². The summed E-state index contributed by atoms with van der Waals surface area (Å²) in [5.74, 6) is -0.261. The molecule has 6 heteroatoms. The summed E-state index contributed by atoms with van der Waals surface area (Å²) in [6, 6.07) is 4.97. The molecular weight excluding hydrogens is 359 g/mol. The van der Waals surface area contributed by atoms with Gasteiger partial charge >= 0.3 is 5.97 Å². The second-order valence-corrected chi connectivity index (χ2v) is 7.76. The molecule has 0 aromatic heterocycles. The Balaban J connectivity index is 1.86. The molecule has 1 N–H and O–H groups in total. The number of rotatable bonds is 4. The first kappa shape index (κ1) is 18.8. The molecule has 0 aliphatic carbocycles. The summed E-state index contributed by atoms with van der Waals surface area (Å²) < 4.78 is 24.2. The summed E-state index contributed by atoms with van der Waals surface area (Å²) in [6.45, 7) is 4.06. The fraction of sp³-hybridized carbons (Fsp3) is 0.500. The number of hydrogen-bond donors (Lipinski definition) is 1. The van der Waals surface area contributed by atoms with Crippen LogP contribution in [0.5, 0.6) is 0 Å². The molecule has 2 atom stereocenters. The molecule has 1 aromatic rings. The molecule has 4 rings (SSSR count). The van der Waals surface area contributed by atoms with Crippen LogP contribution in [0.1, 0.15) is 44.1 Å². The van der Waals surface area contributed by atoms with Gasteiger partial charge in [-0.25, -0.2) is 9.18 Å². The third-order valence-electron chi connectivity index (χ3n) is 6.43. The van der Waals surface area contributed by atoms with Gasteiger partial charge in [-0.2, -0.15) is 0 Å². The molecule has 2 unspecified atom stereocenters. The number of methoxy groups -OCH3 is 2. The highest BCUT2D eigenvalue weighted by molar-refractivity contribution is 5.86. The first-order chi connectivity index (χ1) is 13.5. The summed E-state index contributed by atoms with van der Waals surface area (Å²) in [4.78, 5) is 14.6. The monoisotopic (exact) mass is 386 g/mol. The van der Waals surface area contributed by atoms with Crippen LogP contribution < -0.4 is 5.32 Å². The molecule has 1 saturated heterocycles. The molecule has 3 aliphatic rings. The Morgan fingerprint density at radius 1 is 1.36 bits per heavy atom. The first-order valence-corrected chi connectivity index (χ1v) is 9.94. The lowest BCUT2D eigenvalue weighted by Gasteiger charge is -2.48. The maximum absolute atomic E-state index is 13.9. The molecule has 5 nitrogen and oxygen atoms in total.